The van der Waals surface area contributed by atoms with Gasteiger partial charge in [0.05, 0.1) is 24.9 Å². The zero-order chi connectivity index (χ0) is 17.5. The first-order chi connectivity index (χ1) is 10.7. The highest BCUT2D eigenvalue weighted by Crippen LogP contribution is 2.14. The second-order valence-electron chi connectivity index (χ2n) is 7.24. The molecule has 0 fully saturated rings. The summed E-state index contributed by atoms with van der Waals surface area (Å²) in [5.74, 6) is 0. The minimum Gasteiger partial charge on any atom is -0.389 e. The van der Waals surface area contributed by atoms with E-state index in [9.17, 15) is 5.11 Å². The number of hydrogen-bond donors (Lipinski definition) is 1. The molecule has 4 nitrogen and oxygen atoms in total. The van der Waals surface area contributed by atoms with Gasteiger partial charge in [0.1, 0.15) is 0 Å². The zero-order valence-corrected chi connectivity index (χ0v) is 15.6. The Bertz CT molecular complexity index is 468. The van der Waals surface area contributed by atoms with Crippen molar-refractivity contribution in [1.82, 2.24) is 4.90 Å². The number of rotatable bonds is 9. The summed E-state index contributed by atoms with van der Waals surface area (Å²) in [6.45, 7) is 13.4. The maximum absolute atomic E-state index is 10.3. The third-order valence-corrected chi connectivity index (χ3v) is 3.69. The number of aliphatic hydroxyl groups excluding tert-OH is 1. The number of methoxy groups -OCH3 is 1. The van der Waals surface area contributed by atoms with E-state index in [1.807, 2.05) is 20.8 Å². The number of hydrogen-bond acceptors (Lipinski definition) is 4. The highest BCUT2D eigenvalue weighted by molar-refractivity contribution is 5.30. The van der Waals surface area contributed by atoms with Gasteiger partial charge in [0, 0.05) is 26.7 Å². The Labute approximate surface area is 141 Å². The topological polar surface area (TPSA) is 41.9 Å². The summed E-state index contributed by atoms with van der Waals surface area (Å²) in [5.41, 5.74) is 3.60. The first kappa shape index (κ1) is 20.1. The highest BCUT2D eigenvalue weighted by Gasteiger charge is 2.17. The van der Waals surface area contributed by atoms with E-state index in [1.165, 1.54) is 16.7 Å². The van der Waals surface area contributed by atoms with Gasteiger partial charge in [-0.2, -0.15) is 0 Å². The SMILES string of the molecule is COCCN(Cc1cc(C)ccc1C)C[C@@H](O)COC(C)(C)C. The van der Waals surface area contributed by atoms with Crippen LogP contribution in [0, 0.1) is 13.8 Å². The van der Waals surface area contributed by atoms with Crippen molar-refractivity contribution in [3.63, 3.8) is 0 Å². The van der Waals surface area contributed by atoms with Crippen LogP contribution in [0.3, 0.4) is 0 Å². The predicted molar refractivity (Wildman–Crippen MR) is 94.8 cm³/mol. The molecular formula is C19H33NO3. The van der Waals surface area contributed by atoms with Gasteiger partial charge in [-0.05, 0) is 45.7 Å². The van der Waals surface area contributed by atoms with Crippen LogP contribution in [0.5, 0.6) is 0 Å². The lowest BCUT2D eigenvalue weighted by atomic mass is 10.0. The maximum atomic E-state index is 10.3. The second-order valence-corrected chi connectivity index (χ2v) is 7.24. The summed E-state index contributed by atoms with van der Waals surface area (Å²) in [7, 11) is 1.70. The number of benzene rings is 1. The van der Waals surface area contributed by atoms with Gasteiger partial charge >= 0.3 is 0 Å². The van der Waals surface area contributed by atoms with E-state index in [2.05, 4.69) is 36.9 Å². The number of nitrogens with zero attached hydrogens (tertiary/aromatic N) is 1. The molecule has 0 heterocycles. The summed E-state index contributed by atoms with van der Waals surface area (Å²) in [4.78, 5) is 2.22. The molecular weight excluding hydrogens is 290 g/mol. The third kappa shape index (κ3) is 8.47. The van der Waals surface area contributed by atoms with Crippen LogP contribution in [0.1, 0.15) is 37.5 Å². The van der Waals surface area contributed by atoms with E-state index in [-0.39, 0.29) is 5.60 Å². The molecule has 0 aliphatic carbocycles. The summed E-state index contributed by atoms with van der Waals surface area (Å²) in [6, 6.07) is 6.50. The Kier molecular flexibility index (Phi) is 8.20. The van der Waals surface area contributed by atoms with Gasteiger partial charge in [-0.1, -0.05) is 23.8 Å². The van der Waals surface area contributed by atoms with Crippen LogP contribution in [-0.4, -0.2) is 55.1 Å². The molecule has 1 aromatic rings. The molecule has 1 rings (SSSR count). The van der Waals surface area contributed by atoms with Crippen LogP contribution in [0.4, 0.5) is 0 Å². The molecule has 0 radical (unpaired) electrons. The molecule has 0 amide bonds. The highest BCUT2D eigenvalue weighted by atomic mass is 16.5. The first-order valence-electron chi connectivity index (χ1n) is 8.30. The molecule has 0 spiro atoms. The van der Waals surface area contributed by atoms with Crippen LogP contribution >= 0.6 is 0 Å². The minimum absolute atomic E-state index is 0.231. The molecule has 0 unspecified atom stereocenters. The Hall–Kier alpha value is -0.940. The summed E-state index contributed by atoms with van der Waals surface area (Å²) in [5, 5.41) is 10.3. The number of aliphatic hydroxyl groups is 1. The fourth-order valence-corrected chi connectivity index (χ4v) is 2.36. The lowest BCUT2D eigenvalue weighted by Crippen LogP contribution is -2.38. The van der Waals surface area contributed by atoms with Gasteiger partial charge in [0.15, 0.2) is 0 Å². The minimum atomic E-state index is -0.504. The smallest absolute Gasteiger partial charge is 0.0900 e. The van der Waals surface area contributed by atoms with Crippen LogP contribution in [0.25, 0.3) is 0 Å². The molecule has 0 saturated heterocycles. The monoisotopic (exact) mass is 323 g/mol. The van der Waals surface area contributed by atoms with E-state index >= 15 is 0 Å². The van der Waals surface area contributed by atoms with Crippen molar-refractivity contribution in [1.29, 1.82) is 0 Å². The number of aryl methyl sites for hydroxylation is 2. The van der Waals surface area contributed by atoms with Crippen molar-refractivity contribution < 1.29 is 14.6 Å². The van der Waals surface area contributed by atoms with Crippen molar-refractivity contribution >= 4 is 0 Å². The van der Waals surface area contributed by atoms with E-state index in [1.54, 1.807) is 7.11 Å². The van der Waals surface area contributed by atoms with Gasteiger partial charge in [-0.3, -0.25) is 4.90 Å². The molecule has 0 saturated carbocycles. The normalized spacial score (nSPS) is 13.6. The van der Waals surface area contributed by atoms with Crippen molar-refractivity contribution in [2.75, 3.05) is 33.4 Å². The van der Waals surface area contributed by atoms with E-state index in [4.69, 9.17) is 9.47 Å². The zero-order valence-electron chi connectivity index (χ0n) is 15.6. The predicted octanol–water partition coefficient (Wildman–Crippen LogP) is 2.93. The molecule has 1 aromatic carbocycles. The van der Waals surface area contributed by atoms with Crippen LogP contribution in [-0.2, 0) is 16.0 Å². The standard InChI is InChI=1S/C19H33NO3/c1-15-7-8-16(2)17(11-15)12-20(9-10-22-6)13-18(21)14-23-19(3,4)5/h7-8,11,18,21H,9-10,12-14H2,1-6H3/t18-/m1/s1. The molecule has 1 atom stereocenters. The quantitative estimate of drug-likeness (QED) is 0.759. The number of ether oxygens (including phenoxy) is 2. The lowest BCUT2D eigenvalue weighted by molar-refractivity contribution is -0.0576. The average Bonchev–Trinajstić information content (AvgIpc) is 2.45. The fraction of sp³-hybridized carbons (Fsp3) is 0.684. The van der Waals surface area contributed by atoms with Crippen LogP contribution in [0.2, 0.25) is 0 Å². The van der Waals surface area contributed by atoms with Crippen molar-refractivity contribution in [3.05, 3.63) is 34.9 Å². The first-order valence-corrected chi connectivity index (χ1v) is 8.30. The van der Waals surface area contributed by atoms with Gasteiger partial charge in [0.2, 0.25) is 0 Å². The maximum Gasteiger partial charge on any atom is 0.0900 e. The Morgan fingerprint density at radius 2 is 1.91 bits per heavy atom. The lowest BCUT2D eigenvalue weighted by Gasteiger charge is -2.27. The molecule has 23 heavy (non-hydrogen) atoms. The summed E-state index contributed by atoms with van der Waals surface area (Å²) >= 11 is 0. The van der Waals surface area contributed by atoms with Gasteiger partial charge in [-0.25, -0.2) is 0 Å². The van der Waals surface area contributed by atoms with Gasteiger partial charge < -0.3 is 14.6 Å². The molecule has 132 valence electrons. The second kappa shape index (κ2) is 9.38. The molecule has 4 heteroatoms. The van der Waals surface area contributed by atoms with Gasteiger partial charge in [0.25, 0.3) is 0 Å². The average molecular weight is 323 g/mol. The van der Waals surface area contributed by atoms with Crippen molar-refractivity contribution in [2.45, 2.75) is 52.9 Å². The molecule has 1 N–H and O–H groups in total. The van der Waals surface area contributed by atoms with Crippen molar-refractivity contribution in [3.8, 4) is 0 Å². The molecule has 0 bridgehead atoms. The largest absolute Gasteiger partial charge is 0.389 e. The Morgan fingerprint density at radius 3 is 2.52 bits per heavy atom. The molecule has 0 aliphatic rings. The summed E-state index contributed by atoms with van der Waals surface area (Å²) < 4.78 is 10.9. The van der Waals surface area contributed by atoms with Crippen LogP contribution < -0.4 is 0 Å². The third-order valence-electron chi connectivity index (χ3n) is 3.69. The Morgan fingerprint density at radius 1 is 1.22 bits per heavy atom. The molecule has 0 aromatic heterocycles. The Balaban J connectivity index is 2.66. The summed E-state index contributed by atoms with van der Waals surface area (Å²) in [6.07, 6.45) is -0.504. The van der Waals surface area contributed by atoms with Crippen LogP contribution in [0.15, 0.2) is 18.2 Å². The van der Waals surface area contributed by atoms with Gasteiger partial charge in [-0.15, -0.1) is 0 Å². The van der Waals surface area contributed by atoms with E-state index < -0.39 is 6.10 Å². The molecule has 0 aliphatic heterocycles. The van der Waals surface area contributed by atoms with Crippen molar-refractivity contribution in [2.24, 2.45) is 0 Å². The van der Waals surface area contributed by atoms with E-state index in [0.717, 1.165) is 13.1 Å². The van der Waals surface area contributed by atoms with E-state index in [0.29, 0.717) is 19.8 Å². The fourth-order valence-electron chi connectivity index (χ4n) is 2.36.